The van der Waals surface area contributed by atoms with Gasteiger partial charge in [-0.1, -0.05) is 43.7 Å². The Bertz CT molecular complexity index is 311. The summed E-state index contributed by atoms with van der Waals surface area (Å²) in [5.74, 6) is -0.218. The molecule has 0 aliphatic carbocycles. The topological polar surface area (TPSA) is 52.3 Å². The van der Waals surface area contributed by atoms with E-state index < -0.39 is 0 Å². The van der Waals surface area contributed by atoms with Crippen LogP contribution in [-0.2, 0) is 16.1 Å². The highest BCUT2D eigenvalue weighted by Crippen LogP contribution is 2.04. The minimum absolute atomic E-state index is 0.0757. The number of hydrogen-bond acceptors (Lipinski definition) is 3. The van der Waals surface area contributed by atoms with E-state index >= 15 is 0 Å². The molecule has 16 heavy (non-hydrogen) atoms. The van der Waals surface area contributed by atoms with Gasteiger partial charge in [0.1, 0.15) is 6.61 Å². The summed E-state index contributed by atoms with van der Waals surface area (Å²) in [5, 5.41) is 0. The molecule has 1 aromatic carbocycles. The maximum Gasteiger partial charge on any atom is 0.307 e. The molecule has 1 rings (SSSR count). The quantitative estimate of drug-likeness (QED) is 0.749. The molecular formula is C13H19NO2. The third kappa shape index (κ3) is 4.94. The number of esters is 1. The van der Waals surface area contributed by atoms with Crippen LogP contribution in [-0.4, -0.2) is 12.0 Å². The van der Waals surface area contributed by atoms with Crippen molar-refractivity contribution in [3.63, 3.8) is 0 Å². The second-order valence-corrected chi connectivity index (χ2v) is 3.90. The van der Waals surface area contributed by atoms with E-state index in [1.54, 1.807) is 0 Å². The summed E-state index contributed by atoms with van der Waals surface area (Å²) in [4.78, 5) is 11.4. The summed E-state index contributed by atoms with van der Waals surface area (Å²) in [5.41, 5.74) is 6.75. The van der Waals surface area contributed by atoms with Crippen molar-refractivity contribution in [2.75, 3.05) is 0 Å². The van der Waals surface area contributed by atoms with E-state index in [4.69, 9.17) is 10.5 Å². The number of ether oxygens (including phenoxy) is 1. The zero-order valence-corrected chi connectivity index (χ0v) is 9.69. The molecule has 3 heteroatoms. The molecular weight excluding hydrogens is 202 g/mol. The number of benzene rings is 1. The van der Waals surface area contributed by atoms with E-state index in [0.717, 1.165) is 18.4 Å². The molecule has 88 valence electrons. The van der Waals surface area contributed by atoms with Crippen molar-refractivity contribution >= 4 is 5.97 Å². The monoisotopic (exact) mass is 221 g/mol. The van der Waals surface area contributed by atoms with Crippen LogP contribution in [0.2, 0.25) is 0 Å². The van der Waals surface area contributed by atoms with Gasteiger partial charge in [-0.05, 0) is 12.0 Å². The second kappa shape index (κ2) is 7.01. The lowest BCUT2D eigenvalue weighted by atomic mass is 10.1. The third-order valence-corrected chi connectivity index (χ3v) is 2.33. The molecule has 0 bridgehead atoms. The maximum atomic E-state index is 11.4. The predicted molar refractivity (Wildman–Crippen MR) is 63.7 cm³/mol. The lowest BCUT2D eigenvalue weighted by molar-refractivity contribution is -0.145. The van der Waals surface area contributed by atoms with Gasteiger partial charge in [0, 0.05) is 6.04 Å². The zero-order chi connectivity index (χ0) is 11.8. The molecule has 1 aromatic rings. The SMILES string of the molecule is CCCC(N)CC(=O)OCc1ccccc1. The van der Waals surface area contributed by atoms with E-state index in [2.05, 4.69) is 6.92 Å². The summed E-state index contributed by atoms with van der Waals surface area (Å²) >= 11 is 0. The van der Waals surface area contributed by atoms with Crippen LogP contribution in [0.5, 0.6) is 0 Å². The number of carbonyl (C=O) groups is 1. The Morgan fingerprint density at radius 2 is 2.06 bits per heavy atom. The molecule has 0 spiro atoms. The number of rotatable bonds is 6. The lowest BCUT2D eigenvalue weighted by Gasteiger charge is -2.09. The first-order valence-corrected chi connectivity index (χ1v) is 5.67. The molecule has 0 heterocycles. The van der Waals surface area contributed by atoms with Crippen molar-refractivity contribution in [2.45, 2.75) is 38.8 Å². The van der Waals surface area contributed by atoms with E-state index in [0.29, 0.717) is 13.0 Å². The van der Waals surface area contributed by atoms with Gasteiger partial charge in [0.15, 0.2) is 0 Å². The van der Waals surface area contributed by atoms with Gasteiger partial charge < -0.3 is 10.5 Å². The van der Waals surface area contributed by atoms with Crippen LogP contribution in [0.4, 0.5) is 0 Å². The zero-order valence-electron chi connectivity index (χ0n) is 9.69. The van der Waals surface area contributed by atoms with Gasteiger partial charge in [0.25, 0.3) is 0 Å². The van der Waals surface area contributed by atoms with Crippen molar-refractivity contribution in [3.05, 3.63) is 35.9 Å². The van der Waals surface area contributed by atoms with Crippen molar-refractivity contribution in [3.8, 4) is 0 Å². The Balaban J connectivity index is 2.25. The van der Waals surface area contributed by atoms with Gasteiger partial charge in [0.05, 0.1) is 6.42 Å². The number of nitrogens with two attached hydrogens (primary N) is 1. The second-order valence-electron chi connectivity index (χ2n) is 3.90. The largest absolute Gasteiger partial charge is 0.461 e. The Morgan fingerprint density at radius 3 is 2.69 bits per heavy atom. The first-order valence-electron chi connectivity index (χ1n) is 5.67. The van der Waals surface area contributed by atoms with Crippen LogP contribution in [0.3, 0.4) is 0 Å². The van der Waals surface area contributed by atoms with E-state index in [9.17, 15) is 4.79 Å². The van der Waals surface area contributed by atoms with Crippen LogP contribution < -0.4 is 5.73 Å². The van der Waals surface area contributed by atoms with Crippen molar-refractivity contribution in [1.29, 1.82) is 0 Å². The first kappa shape index (κ1) is 12.7. The van der Waals surface area contributed by atoms with E-state index in [1.165, 1.54) is 0 Å². The summed E-state index contributed by atoms with van der Waals surface area (Å²) in [6.07, 6.45) is 2.16. The highest BCUT2D eigenvalue weighted by Gasteiger charge is 2.09. The van der Waals surface area contributed by atoms with Gasteiger partial charge in [-0.3, -0.25) is 4.79 Å². The Morgan fingerprint density at radius 1 is 1.38 bits per heavy atom. The van der Waals surface area contributed by atoms with Gasteiger partial charge in [-0.25, -0.2) is 0 Å². The minimum Gasteiger partial charge on any atom is -0.461 e. The highest BCUT2D eigenvalue weighted by molar-refractivity contribution is 5.70. The van der Waals surface area contributed by atoms with Crippen molar-refractivity contribution in [2.24, 2.45) is 5.73 Å². The van der Waals surface area contributed by atoms with Crippen LogP contribution in [0.1, 0.15) is 31.7 Å². The van der Waals surface area contributed by atoms with Crippen LogP contribution in [0.25, 0.3) is 0 Å². The highest BCUT2D eigenvalue weighted by atomic mass is 16.5. The molecule has 0 saturated heterocycles. The van der Waals surface area contributed by atoms with Gasteiger partial charge in [0.2, 0.25) is 0 Å². The molecule has 0 amide bonds. The molecule has 3 nitrogen and oxygen atoms in total. The number of hydrogen-bond donors (Lipinski definition) is 1. The summed E-state index contributed by atoms with van der Waals surface area (Å²) < 4.78 is 5.13. The first-order chi connectivity index (χ1) is 7.72. The standard InChI is InChI=1S/C13H19NO2/c1-2-6-12(14)9-13(15)16-10-11-7-4-3-5-8-11/h3-5,7-8,12H,2,6,9-10,14H2,1H3. The summed E-state index contributed by atoms with van der Waals surface area (Å²) in [6, 6.07) is 9.56. The Kier molecular flexibility index (Phi) is 5.57. The third-order valence-electron chi connectivity index (χ3n) is 2.33. The van der Waals surface area contributed by atoms with Crippen LogP contribution >= 0.6 is 0 Å². The van der Waals surface area contributed by atoms with E-state index in [1.807, 2.05) is 30.3 Å². The molecule has 0 aromatic heterocycles. The fourth-order valence-corrected chi connectivity index (χ4v) is 1.48. The summed E-state index contributed by atoms with van der Waals surface area (Å²) in [7, 11) is 0. The predicted octanol–water partition coefficient (Wildman–Crippen LogP) is 2.25. The number of carbonyl (C=O) groups excluding carboxylic acids is 1. The molecule has 0 radical (unpaired) electrons. The Hall–Kier alpha value is -1.35. The van der Waals surface area contributed by atoms with E-state index in [-0.39, 0.29) is 12.0 Å². The normalized spacial score (nSPS) is 12.1. The van der Waals surface area contributed by atoms with Crippen LogP contribution in [0, 0.1) is 0 Å². The summed E-state index contributed by atoms with van der Waals surface area (Å²) in [6.45, 7) is 2.38. The fraction of sp³-hybridized carbons (Fsp3) is 0.462. The van der Waals surface area contributed by atoms with Gasteiger partial charge in [-0.15, -0.1) is 0 Å². The van der Waals surface area contributed by atoms with Crippen molar-refractivity contribution in [1.82, 2.24) is 0 Å². The molecule has 0 aliphatic rings. The van der Waals surface area contributed by atoms with Crippen molar-refractivity contribution < 1.29 is 9.53 Å². The molecule has 0 fully saturated rings. The molecule has 0 saturated carbocycles. The molecule has 1 atom stereocenters. The Labute approximate surface area is 96.6 Å². The average Bonchev–Trinajstić information content (AvgIpc) is 2.28. The average molecular weight is 221 g/mol. The van der Waals surface area contributed by atoms with Gasteiger partial charge >= 0.3 is 5.97 Å². The fourth-order valence-electron chi connectivity index (χ4n) is 1.48. The maximum absolute atomic E-state index is 11.4. The molecule has 2 N–H and O–H groups in total. The van der Waals surface area contributed by atoms with Gasteiger partial charge in [-0.2, -0.15) is 0 Å². The lowest BCUT2D eigenvalue weighted by Crippen LogP contribution is -2.24. The van der Waals surface area contributed by atoms with Crippen LogP contribution in [0.15, 0.2) is 30.3 Å². The minimum atomic E-state index is -0.218. The molecule has 1 unspecified atom stereocenters. The smallest absolute Gasteiger partial charge is 0.307 e. The molecule has 0 aliphatic heterocycles.